The Labute approximate surface area is 171 Å². The van der Waals surface area contributed by atoms with Crippen molar-refractivity contribution in [3.05, 3.63) is 59.7 Å². The second kappa shape index (κ2) is 9.34. The van der Waals surface area contributed by atoms with Gasteiger partial charge in [0, 0.05) is 11.4 Å². The van der Waals surface area contributed by atoms with E-state index in [0.717, 1.165) is 16.8 Å². The maximum Gasteiger partial charge on any atom is 0.325 e. The number of anilines is 3. The molecule has 28 heavy (non-hydrogen) atoms. The van der Waals surface area contributed by atoms with Gasteiger partial charge in [-0.15, -0.1) is 10.2 Å². The van der Waals surface area contributed by atoms with Gasteiger partial charge in [0.25, 0.3) is 0 Å². The molecule has 0 unspecified atom stereocenters. The Hall–Kier alpha value is -2.91. The molecule has 0 saturated heterocycles. The van der Waals surface area contributed by atoms with Gasteiger partial charge in [0.2, 0.25) is 11.0 Å². The molecule has 3 amide bonds. The summed E-state index contributed by atoms with van der Waals surface area (Å²) in [5.74, 6) is 0.0756. The van der Waals surface area contributed by atoms with E-state index in [1.54, 1.807) is 0 Å². The number of nitrogens with one attached hydrogen (secondary N) is 3. The third-order valence-electron chi connectivity index (χ3n) is 3.78. The van der Waals surface area contributed by atoms with Crippen LogP contribution in [0.1, 0.15) is 11.1 Å². The fraction of sp³-hybridized carbons (Fsp3) is 0.158. The van der Waals surface area contributed by atoms with E-state index >= 15 is 0 Å². The zero-order valence-electron chi connectivity index (χ0n) is 15.4. The predicted molar refractivity (Wildman–Crippen MR) is 114 cm³/mol. The molecule has 0 atom stereocenters. The first-order valence-electron chi connectivity index (χ1n) is 8.46. The molecule has 0 saturated carbocycles. The van der Waals surface area contributed by atoms with Gasteiger partial charge >= 0.3 is 6.03 Å². The monoisotopic (exact) mass is 413 g/mol. The van der Waals surface area contributed by atoms with Crippen molar-refractivity contribution in [2.45, 2.75) is 18.2 Å². The highest BCUT2D eigenvalue weighted by Gasteiger charge is 2.11. The first-order chi connectivity index (χ1) is 13.5. The molecular formula is C19H19N5O2S2. The normalized spacial score (nSPS) is 10.4. The smallest absolute Gasteiger partial charge is 0.325 e. The molecule has 144 valence electrons. The molecule has 0 fully saturated rings. The van der Waals surface area contributed by atoms with Gasteiger partial charge in [0.05, 0.1) is 5.75 Å². The number of nitrogens with zero attached hydrogens (tertiary/aromatic N) is 2. The Kier molecular flexibility index (Phi) is 6.62. The molecule has 9 heteroatoms. The van der Waals surface area contributed by atoms with Crippen molar-refractivity contribution in [1.82, 2.24) is 10.2 Å². The van der Waals surface area contributed by atoms with Gasteiger partial charge in [-0.3, -0.25) is 10.1 Å². The highest BCUT2D eigenvalue weighted by Crippen LogP contribution is 2.25. The molecule has 3 aromatic rings. The molecule has 0 aliphatic heterocycles. The van der Waals surface area contributed by atoms with Crippen molar-refractivity contribution in [3.63, 3.8) is 0 Å². The summed E-state index contributed by atoms with van der Waals surface area (Å²) in [6.07, 6.45) is 0. The van der Waals surface area contributed by atoms with Crippen LogP contribution < -0.4 is 16.0 Å². The summed E-state index contributed by atoms with van der Waals surface area (Å²) in [6, 6.07) is 14.5. The highest BCUT2D eigenvalue weighted by atomic mass is 32.2. The van der Waals surface area contributed by atoms with Gasteiger partial charge in [-0.05, 0) is 49.2 Å². The molecule has 0 bridgehead atoms. The lowest BCUT2D eigenvalue weighted by molar-refractivity contribution is -0.113. The molecule has 7 nitrogen and oxygen atoms in total. The topological polar surface area (TPSA) is 96.0 Å². The van der Waals surface area contributed by atoms with Crippen LogP contribution in [0.25, 0.3) is 0 Å². The van der Waals surface area contributed by atoms with E-state index in [9.17, 15) is 9.59 Å². The number of aromatic nitrogens is 2. The zero-order valence-corrected chi connectivity index (χ0v) is 17.0. The number of thioether (sulfide) groups is 1. The lowest BCUT2D eigenvalue weighted by Crippen LogP contribution is -2.19. The number of hydrogen-bond donors (Lipinski definition) is 3. The first kappa shape index (κ1) is 19.8. The van der Waals surface area contributed by atoms with Crippen LogP contribution in [0.4, 0.5) is 21.3 Å². The summed E-state index contributed by atoms with van der Waals surface area (Å²) in [6.45, 7) is 4.00. The van der Waals surface area contributed by atoms with E-state index in [-0.39, 0.29) is 11.7 Å². The van der Waals surface area contributed by atoms with E-state index in [1.165, 1.54) is 23.1 Å². The van der Waals surface area contributed by atoms with Crippen molar-refractivity contribution < 1.29 is 9.59 Å². The van der Waals surface area contributed by atoms with Crippen LogP contribution in [0.5, 0.6) is 0 Å². The molecule has 0 aliphatic rings. The number of rotatable bonds is 6. The number of amides is 3. The second-order valence-corrected chi connectivity index (χ2v) is 8.15. The Morgan fingerprint density at radius 3 is 2.46 bits per heavy atom. The van der Waals surface area contributed by atoms with Crippen LogP contribution >= 0.6 is 23.1 Å². The Morgan fingerprint density at radius 1 is 0.929 bits per heavy atom. The fourth-order valence-corrected chi connectivity index (χ4v) is 3.79. The van der Waals surface area contributed by atoms with Crippen LogP contribution in [0.2, 0.25) is 0 Å². The molecule has 1 heterocycles. The summed E-state index contributed by atoms with van der Waals surface area (Å²) in [4.78, 5) is 24.1. The lowest BCUT2D eigenvalue weighted by Gasteiger charge is -2.07. The fourth-order valence-electron chi connectivity index (χ4n) is 2.24. The minimum atomic E-state index is -0.391. The number of carbonyl (C=O) groups excluding carboxylic acids is 2. The molecular weight excluding hydrogens is 394 g/mol. The van der Waals surface area contributed by atoms with Gasteiger partial charge in [-0.2, -0.15) is 0 Å². The maximum atomic E-state index is 12.1. The SMILES string of the molecule is Cc1ccc(NC(=O)Nc2nnc(SCC(=O)Nc3ccccc3)s2)cc1C. The van der Waals surface area contributed by atoms with E-state index in [2.05, 4.69) is 26.1 Å². The molecule has 1 aromatic heterocycles. The number of hydrogen-bond acceptors (Lipinski definition) is 6. The van der Waals surface area contributed by atoms with Crippen LogP contribution in [-0.4, -0.2) is 27.9 Å². The number of urea groups is 1. The Balaban J connectivity index is 1.47. The predicted octanol–water partition coefficient (Wildman–Crippen LogP) is 4.53. The third-order valence-corrected chi connectivity index (χ3v) is 5.75. The molecule has 3 N–H and O–H groups in total. The van der Waals surface area contributed by atoms with Crippen molar-refractivity contribution >= 4 is 51.5 Å². The summed E-state index contributed by atoms with van der Waals surface area (Å²) in [5, 5.41) is 16.5. The summed E-state index contributed by atoms with van der Waals surface area (Å²) in [5.41, 5.74) is 3.71. The largest absolute Gasteiger partial charge is 0.325 e. The Bertz CT molecular complexity index is 975. The number of carbonyl (C=O) groups is 2. The summed E-state index contributed by atoms with van der Waals surface area (Å²) < 4.78 is 0.602. The average Bonchev–Trinajstić information content (AvgIpc) is 3.11. The Morgan fingerprint density at radius 2 is 1.71 bits per heavy atom. The average molecular weight is 414 g/mol. The quantitative estimate of drug-likeness (QED) is 0.408. The summed E-state index contributed by atoms with van der Waals surface area (Å²) in [7, 11) is 0. The lowest BCUT2D eigenvalue weighted by atomic mass is 10.1. The van der Waals surface area contributed by atoms with Crippen molar-refractivity contribution in [2.24, 2.45) is 0 Å². The third kappa shape index (κ3) is 5.80. The second-order valence-electron chi connectivity index (χ2n) is 5.95. The van der Waals surface area contributed by atoms with Gasteiger partial charge in [-0.25, -0.2) is 4.79 Å². The van der Waals surface area contributed by atoms with Crippen LogP contribution in [-0.2, 0) is 4.79 Å². The molecule has 2 aromatic carbocycles. The zero-order chi connectivity index (χ0) is 19.9. The van der Waals surface area contributed by atoms with E-state index in [1.807, 2.05) is 62.4 Å². The molecule has 3 rings (SSSR count). The van der Waals surface area contributed by atoms with E-state index in [0.29, 0.717) is 15.2 Å². The number of benzene rings is 2. The van der Waals surface area contributed by atoms with E-state index < -0.39 is 6.03 Å². The molecule has 0 spiro atoms. The van der Waals surface area contributed by atoms with Crippen LogP contribution in [0.15, 0.2) is 52.9 Å². The number of para-hydroxylation sites is 1. The highest BCUT2D eigenvalue weighted by molar-refractivity contribution is 8.01. The first-order valence-corrected chi connectivity index (χ1v) is 10.3. The minimum absolute atomic E-state index is 0.131. The van der Waals surface area contributed by atoms with Crippen molar-refractivity contribution in [2.75, 3.05) is 21.7 Å². The molecule has 0 radical (unpaired) electrons. The van der Waals surface area contributed by atoms with Gasteiger partial charge in [0.15, 0.2) is 4.34 Å². The maximum absolute atomic E-state index is 12.1. The van der Waals surface area contributed by atoms with Crippen molar-refractivity contribution in [1.29, 1.82) is 0 Å². The van der Waals surface area contributed by atoms with Gasteiger partial charge in [0.1, 0.15) is 0 Å². The van der Waals surface area contributed by atoms with Crippen LogP contribution in [0.3, 0.4) is 0 Å². The van der Waals surface area contributed by atoms with Crippen LogP contribution in [0, 0.1) is 13.8 Å². The standard InChI is InChI=1S/C19H19N5O2S2/c1-12-8-9-15(10-13(12)2)21-17(26)22-18-23-24-19(28-18)27-11-16(25)20-14-6-4-3-5-7-14/h3-10H,11H2,1-2H3,(H,20,25)(H2,21,22,23,26). The van der Waals surface area contributed by atoms with E-state index in [4.69, 9.17) is 0 Å². The minimum Gasteiger partial charge on any atom is -0.325 e. The molecule has 0 aliphatic carbocycles. The van der Waals surface area contributed by atoms with Gasteiger partial charge < -0.3 is 10.6 Å². The van der Waals surface area contributed by atoms with Crippen molar-refractivity contribution in [3.8, 4) is 0 Å². The summed E-state index contributed by atoms with van der Waals surface area (Å²) >= 11 is 2.48. The number of aryl methyl sites for hydroxylation is 2. The van der Waals surface area contributed by atoms with Gasteiger partial charge in [-0.1, -0.05) is 47.4 Å².